The highest BCUT2D eigenvalue weighted by Crippen LogP contribution is 2.17. The molecule has 116 valence electrons. The molecule has 0 aliphatic carbocycles. The second kappa shape index (κ2) is 6.43. The van der Waals surface area contributed by atoms with Crippen LogP contribution in [-0.2, 0) is 23.9 Å². The average Bonchev–Trinajstić information content (AvgIpc) is 2.31. The first-order valence-electron chi connectivity index (χ1n) is 5.04. The van der Waals surface area contributed by atoms with Crippen LogP contribution >= 0.6 is 0 Å². The van der Waals surface area contributed by atoms with Gasteiger partial charge in [-0.15, -0.1) is 0 Å². The number of halogens is 6. The molecular weight excluding hydrogens is 304 g/mol. The highest BCUT2D eigenvalue weighted by Gasteiger charge is 2.44. The fourth-order valence-electron chi connectivity index (χ4n) is 0.695. The van der Waals surface area contributed by atoms with Gasteiger partial charge in [-0.3, -0.25) is 4.79 Å². The normalized spacial score (nSPS) is 15.7. The van der Waals surface area contributed by atoms with Crippen molar-refractivity contribution in [2.45, 2.75) is 18.4 Å². The minimum Gasteiger partial charge on any atom is -0.467 e. The maximum Gasteiger partial charge on any atom is 0.490 e. The average molecular weight is 312 g/mol. The van der Waals surface area contributed by atoms with Gasteiger partial charge in [0.15, 0.2) is 6.04 Å². The number of hydrogen-bond donors (Lipinski definition) is 1. The van der Waals surface area contributed by atoms with Crippen molar-refractivity contribution in [3.8, 4) is 0 Å². The van der Waals surface area contributed by atoms with E-state index >= 15 is 0 Å². The van der Waals surface area contributed by atoms with E-state index in [9.17, 15) is 40.7 Å². The van der Waals surface area contributed by atoms with Crippen LogP contribution in [0.4, 0.5) is 26.3 Å². The molecule has 0 radical (unpaired) electrons. The third kappa shape index (κ3) is 5.75. The molecule has 2 atom stereocenters. The molecule has 0 unspecified atom stereocenters. The molecule has 0 aliphatic heterocycles. The Balaban J connectivity index is 5.05. The summed E-state index contributed by atoms with van der Waals surface area (Å²) in [6, 6.07) is -2.59. The lowest BCUT2D eigenvalue weighted by molar-refractivity contribution is -0.201. The van der Waals surface area contributed by atoms with E-state index in [1.165, 1.54) is 0 Å². The molecule has 0 saturated carbocycles. The molecule has 0 aromatic heterocycles. The Morgan fingerprint density at radius 2 is 1.65 bits per heavy atom. The molecule has 0 bridgehead atoms. The molecule has 0 saturated heterocycles. The quantitative estimate of drug-likeness (QED) is 0.597. The lowest BCUT2D eigenvalue weighted by Gasteiger charge is -2.17. The number of carbonyl (C=O) groups is 3. The van der Waals surface area contributed by atoms with Crippen molar-refractivity contribution >= 4 is 17.8 Å². The molecule has 6 nitrogen and oxygen atoms in total. The first-order valence-corrected chi connectivity index (χ1v) is 4.46. The standard InChI is InChI=1S/C8H7F6NO5/c1-19-4(16)3(15-5(17)7(9,10)11)2-20-6(18)8(12,13)14/h3H,2H2,1H3,(H,15,17)/t3-/m0/s1/i2D/t2-,3+/m1. The highest BCUT2D eigenvalue weighted by atomic mass is 19.4. The van der Waals surface area contributed by atoms with Crippen molar-refractivity contribution in [3.63, 3.8) is 0 Å². The van der Waals surface area contributed by atoms with Crippen LogP contribution in [0.3, 0.4) is 0 Å². The molecule has 0 fully saturated rings. The van der Waals surface area contributed by atoms with Crippen molar-refractivity contribution in [2.24, 2.45) is 0 Å². The van der Waals surface area contributed by atoms with Crippen molar-refractivity contribution in [1.82, 2.24) is 5.32 Å². The number of ether oxygens (including phenoxy) is 2. The van der Waals surface area contributed by atoms with Crippen molar-refractivity contribution in [3.05, 3.63) is 0 Å². The summed E-state index contributed by atoms with van der Waals surface area (Å²) in [4.78, 5) is 32.1. The monoisotopic (exact) mass is 312 g/mol. The Hall–Kier alpha value is -2.01. The zero-order chi connectivity index (χ0) is 17.0. The molecular formula is C8H7F6NO5. The van der Waals surface area contributed by atoms with E-state index in [0.717, 1.165) is 5.32 Å². The Morgan fingerprint density at radius 3 is 2.00 bits per heavy atom. The fourth-order valence-corrected chi connectivity index (χ4v) is 0.695. The van der Waals surface area contributed by atoms with Crippen LogP contribution < -0.4 is 5.32 Å². The van der Waals surface area contributed by atoms with Gasteiger partial charge in [-0.2, -0.15) is 26.3 Å². The van der Waals surface area contributed by atoms with Gasteiger partial charge in [0, 0.05) is 0 Å². The van der Waals surface area contributed by atoms with Crippen LogP contribution in [0.25, 0.3) is 0 Å². The highest BCUT2D eigenvalue weighted by molar-refractivity contribution is 5.87. The van der Waals surface area contributed by atoms with Gasteiger partial charge in [0.25, 0.3) is 0 Å². The van der Waals surface area contributed by atoms with E-state index in [-0.39, 0.29) is 0 Å². The van der Waals surface area contributed by atoms with Gasteiger partial charge < -0.3 is 14.8 Å². The Morgan fingerprint density at radius 1 is 1.15 bits per heavy atom. The third-order valence-electron chi connectivity index (χ3n) is 1.54. The molecule has 0 spiro atoms. The van der Waals surface area contributed by atoms with E-state index in [2.05, 4.69) is 9.47 Å². The number of hydrogen-bond acceptors (Lipinski definition) is 5. The molecule has 1 amide bonds. The molecule has 0 aliphatic rings. The predicted octanol–water partition coefficient (Wildman–Crippen LogP) is 0.312. The molecule has 0 rings (SSSR count). The van der Waals surface area contributed by atoms with Gasteiger partial charge in [-0.05, 0) is 0 Å². The SMILES string of the molecule is [2H][C@@H](OC(=O)C(F)(F)F)[C@H](NC(=O)C(F)(F)F)C(=O)OC. The summed E-state index contributed by atoms with van der Waals surface area (Å²) in [5, 5.41) is 0.894. The Bertz CT molecular complexity index is 422. The summed E-state index contributed by atoms with van der Waals surface area (Å²) >= 11 is 0. The topological polar surface area (TPSA) is 81.7 Å². The minimum absolute atomic E-state index is 0.632. The van der Waals surface area contributed by atoms with Crippen LogP contribution in [0, 0.1) is 0 Å². The number of methoxy groups -OCH3 is 1. The second-order valence-electron chi connectivity index (χ2n) is 3.01. The minimum atomic E-state index is -5.53. The van der Waals surface area contributed by atoms with Crippen molar-refractivity contribution in [2.75, 3.05) is 13.7 Å². The fraction of sp³-hybridized carbons (Fsp3) is 0.625. The van der Waals surface area contributed by atoms with Crippen molar-refractivity contribution in [1.29, 1.82) is 0 Å². The third-order valence-corrected chi connectivity index (χ3v) is 1.54. The molecule has 0 aromatic carbocycles. The summed E-state index contributed by atoms with van der Waals surface area (Å²) in [5.41, 5.74) is 0. The summed E-state index contributed by atoms with van der Waals surface area (Å²) in [6.07, 6.45) is -11.0. The zero-order valence-electron chi connectivity index (χ0n) is 10.5. The van der Waals surface area contributed by atoms with E-state index in [1.54, 1.807) is 0 Å². The molecule has 0 heterocycles. The van der Waals surface area contributed by atoms with Gasteiger partial charge in [0.2, 0.25) is 0 Å². The van der Waals surface area contributed by atoms with Crippen LogP contribution in [0.2, 0.25) is 0 Å². The largest absolute Gasteiger partial charge is 0.490 e. The van der Waals surface area contributed by atoms with E-state index in [1.807, 2.05) is 0 Å². The lowest BCUT2D eigenvalue weighted by atomic mass is 10.3. The summed E-state index contributed by atoms with van der Waals surface area (Å²) < 4.78 is 85.8. The lowest BCUT2D eigenvalue weighted by Crippen LogP contribution is -2.50. The Kier molecular flexibility index (Phi) is 5.16. The van der Waals surface area contributed by atoms with Gasteiger partial charge in [-0.1, -0.05) is 0 Å². The Labute approximate surface area is 108 Å². The smallest absolute Gasteiger partial charge is 0.467 e. The first kappa shape index (κ1) is 16.0. The van der Waals surface area contributed by atoms with Gasteiger partial charge in [-0.25, -0.2) is 9.59 Å². The molecule has 0 aromatic rings. The summed E-state index contributed by atoms with van der Waals surface area (Å²) in [5.74, 6) is -7.35. The molecule has 20 heavy (non-hydrogen) atoms. The molecule has 12 heteroatoms. The second-order valence-corrected chi connectivity index (χ2v) is 3.01. The zero-order valence-corrected chi connectivity index (χ0v) is 9.46. The van der Waals surface area contributed by atoms with Crippen LogP contribution in [-0.4, -0.2) is 49.9 Å². The number of nitrogens with one attached hydrogen (secondary N) is 1. The number of rotatable bonds is 4. The predicted molar refractivity (Wildman–Crippen MR) is 47.0 cm³/mol. The van der Waals surface area contributed by atoms with Gasteiger partial charge in [0.1, 0.15) is 6.58 Å². The van der Waals surface area contributed by atoms with Crippen molar-refractivity contribution < 1.29 is 51.6 Å². The number of amides is 1. The summed E-state index contributed by atoms with van der Waals surface area (Å²) in [6.45, 7) is -2.79. The van der Waals surface area contributed by atoms with E-state index < -0.39 is 42.8 Å². The van der Waals surface area contributed by atoms with Crippen LogP contribution in [0.1, 0.15) is 1.37 Å². The maximum atomic E-state index is 12.0. The van der Waals surface area contributed by atoms with Crippen LogP contribution in [0.15, 0.2) is 0 Å². The summed E-state index contributed by atoms with van der Waals surface area (Å²) in [7, 11) is 0.632. The van der Waals surface area contributed by atoms with Gasteiger partial charge >= 0.3 is 30.2 Å². The number of esters is 2. The van der Waals surface area contributed by atoms with Crippen LogP contribution in [0.5, 0.6) is 0 Å². The van der Waals surface area contributed by atoms with Gasteiger partial charge in [0.05, 0.1) is 8.48 Å². The first-order chi connectivity index (χ1) is 9.30. The van der Waals surface area contributed by atoms with E-state index in [4.69, 9.17) is 1.37 Å². The number of carbonyl (C=O) groups excluding carboxylic acids is 3. The number of alkyl halides is 6. The molecule has 1 N–H and O–H groups in total. The van der Waals surface area contributed by atoms with E-state index in [0.29, 0.717) is 7.11 Å². The maximum absolute atomic E-state index is 12.0.